The highest BCUT2D eigenvalue weighted by molar-refractivity contribution is 14.1. The van der Waals surface area contributed by atoms with Gasteiger partial charge < -0.3 is 14.8 Å². The summed E-state index contributed by atoms with van der Waals surface area (Å²) in [6.45, 7) is 1.96. The zero-order valence-corrected chi connectivity index (χ0v) is 15.1. The molecule has 3 rings (SSSR count). The van der Waals surface area contributed by atoms with Crippen molar-refractivity contribution >= 4 is 67.0 Å². The summed E-state index contributed by atoms with van der Waals surface area (Å²) in [6, 6.07) is 7.40. The number of aromatic nitrogens is 1. The minimum Gasteiger partial charge on any atom is -0.478 e. The molecule has 0 radical (unpaired) electrons. The van der Waals surface area contributed by atoms with Crippen LogP contribution in [0, 0.1) is 10.5 Å². The zero-order chi connectivity index (χ0) is 15.9. The number of halogens is 2. The van der Waals surface area contributed by atoms with Crippen LogP contribution in [0.1, 0.15) is 15.9 Å². The van der Waals surface area contributed by atoms with Gasteiger partial charge in [-0.3, -0.25) is 0 Å². The SMILES string of the molecule is Cc1cc(I)ccc1Nc1c(C(=O)O)cc(Br)c2ocnc12. The number of oxazole rings is 1. The van der Waals surface area contributed by atoms with Gasteiger partial charge in [0.05, 0.1) is 15.7 Å². The third kappa shape index (κ3) is 2.70. The summed E-state index contributed by atoms with van der Waals surface area (Å²) in [5, 5.41) is 12.6. The minimum atomic E-state index is -1.03. The first kappa shape index (κ1) is 15.3. The molecule has 5 nitrogen and oxygen atoms in total. The second kappa shape index (κ2) is 5.88. The van der Waals surface area contributed by atoms with Crippen molar-refractivity contribution in [1.82, 2.24) is 4.98 Å². The molecule has 22 heavy (non-hydrogen) atoms. The molecule has 0 aliphatic rings. The number of fused-ring (bicyclic) bond motifs is 1. The molecule has 3 aromatic rings. The number of aromatic carboxylic acids is 1. The molecule has 0 spiro atoms. The van der Waals surface area contributed by atoms with Gasteiger partial charge in [0.15, 0.2) is 12.0 Å². The number of carboxylic acid groups (broad SMARTS) is 1. The molecule has 1 aromatic heterocycles. The van der Waals surface area contributed by atoms with E-state index in [-0.39, 0.29) is 5.56 Å². The normalized spacial score (nSPS) is 10.9. The van der Waals surface area contributed by atoms with Crippen molar-refractivity contribution in [3.63, 3.8) is 0 Å². The minimum absolute atomic E-state index is 0.131. The Labute approximate surface area is 148 Å². The summed E-state index contributed by atoms with van der Waals surface area (Å²) < 4.78 is 6.99. The highest BCUT2D eigenvalue weighted by atomic mass is 127. The average molecular weight is 473 g/mol. The van der Waals surface area contributed by atoms with Gasteiger partial charge in [0.2, 0.25) is 0 Å². The number of carbonyl (C=O) groups is 1. The molecule has 1 heterocycles. The second-order valence-electron chi connectivity index (χ2n) is 4.70. The van der Waals surface area contributed by atoms with Gasteiger partial charge in [-0.15, -0.1) is 0 Å². The molecule has 0 fully saturated rings. The zero-order valence-electron chi connectivity index (χ0n) is 11.4. The summed E-state index contributed by atoms with van der Waals surface area (Å²) >= 11 is 5.55. The van der Waals surface area contributed by atoms with Crippen molar-refractivity contribution in [2.45, 2.75) is 6.92 Å². The van der Waals surface area contributed by atoms with Gasteiger partial charge in [-0.2, -0.15) is 0 Å². The van der Waals surface area contributed by atoms with Gasteiger partial charge in [0, 0.05) is 9.26 Å². The van der Waals surface area contributed by atoms with E-state index in [1.54, 1.807) is 0 Å². The number of nitrogens with one attached hydrogen (secondary N) is 1. The first-order valence-corrected chi connectivity index (χ1v) is 8.16. The van der Waals surface area contributed by atoms with E-state index >= 15 is 0 Å². The Morgan fingerprint density at radius 2 is 2.18 bits per heavy atom. The van der Waals surface area contributed by atoms with Crippen LogP contribution in [0.15, 0.2) is 39.5 Å². The van der Waals surface area contributed by atoms with E-state index < -0.39 is 5.97 Å². The molecule has 0 atom stereocenters. The van der Waals surface area contributed by atoms with Crippen LogP contribution in [0.3, 0.4) is 0 Å². The van der Waals surface area contributed by atoms with Crippen LogP contribution in [0.25, 0.3) is 11.1 Å². The summed E-state index contributed by atoms with van der Waals surface area (Å²) in [6.07, 6.45) is 1.30. The molecule has 2 aromatic carbocycles. The Morgan fingerprint density at radius 3 is 2.86 bits per heavy atom. The first-order chi connectivity index (χ1) is 10.5. The van der Waals surface area contributed by atoms with E-state index in [1.807, 2.05) is 25.1 Å². The molecule has 0 bridgehead atoms. The van der Waals surface area contributed by atoms with Crippen molar-refractivity contribution in [2.24, 2.45) is 0 Å². The molecule has 0 amide bonds. The van der Waals surface area contributed by atoms with E-state index in [0.717, 1.165) is 14.8 Å². The van der Waals surface area contributed by atoms with Gasteiger partial charge in [-0.05, 0) is 75.3 Å². The largest absolute Gasteiger partial charge is 0.478 e. The quantitative estimate of drug-likeness (QED) is 0.528. The van der Waals surface area contributed by atoms with E-state index in [4.69, 9.17) is 4.42 Å². The first-order valence-electron chi connectivity index (χ1n) is 6.29. The number of carboxylic acids is 1. The molecule has 0 saturated carbocycles. The highest BCUT2D eigenvalue weighted by Crippen LogP contribution is 2.35. The fourth-order valence-corrected chi connectivity index (χ4v) is 3.34. The lowest BCUT2D eigenvalue weighted by molar-refractivity contribution is 0.0698. The molecule has 0 aliphatic carbocycles. The molecule has 112 valence electrons. The number of rotatable bonds is 3. The van der Waals surface area contributed by atoms with Crippen LogP contribution in [0.5, 0.6) is 0 Å². The standard InChI is InChI=1S/C15H10BrIN2O3/c1-7-4-8(17)2-3-11(7)19-12-9(15(20)21)5-10(16)14-13(12)18-6-22-14/h2-6,19H,1H3,(H,20,21). The molecular weight excluding hydrogens is 463 g/mol. The van der Waals surface area contributed by atoms with E-state index in [1.165, 1.54) is 12.5 Å². The molecule has 0 aliphatic heterocycles. The summed E-state index contributed by atoms with van der Waals surface area (Å²) in [5.74, 6) is -1.03. The summed E-state index contributed by atoms with van der Waals surface area (Å²) in [5.41, 5.74) is 3.38. The lowest BCUT2D eigenvalue weighted by Gasteiger charge is -2.13. The van der Waals surface area contributed by atoms with Gasteiger partial charge in [-0.1, -0.05) is 0 Å². The number of nitrogens with zero attached hydrogens (tertiary/aromatic N) is 1. The summed E-state index contributed by atoms with van der Waals surface area (Å²) in [7, 11) is 0. The molecule has 0 unspecified atom stereocenters. The number of anilines is 2. The van der Waals surface area contributed by atoms with Crippen molar-refractivity contribution in [1.29, 1.82) is 0 Å². The van der Waals surface area contributed by atoms with Crippen molar-refractivity contribution < 1.29 is 14.3 Å². The number of aryl methyl sites for hydroxylation is 1. The predicted molar refractivity (Wildman–Crippen MR) is 95.8 cm³/mol. The maximum absolute atomic E-state index is 11.5. The Bertz CT molecular complexity index is 892. The van der Waals surface area contributed by atoms with Crippen LogP contribution < -0.4 is 5.32 Å². The molecule has 7 heteroatoms. The lowest BCUT2D eigenvalue weighted by Crippen LogP contribution is -2.04. The van der Waals surface area contributed by atoms with Gasteiger partial charge in [0.1, 0.15) is 5.52 Å². The second-order valence-corrected chi connectivity index (χ2v) is 6.80. The van der Waals surface area contributed by atoms with E-state index in [2.05, 4.69) is 48.8 Å². The maximum Gasteiger partial charge on any atom is 0.337 e. The molecular formula is C15H10BrIN2O3. The van der Waals surface area contributed by atoms with Gasteiger partial charge in [0.25, 0.3) is 0 Å². The Morgan fingerprint density at radius 1 is 1.41 bits per heavy atom. The van der Waals surface area contributed by atoms with Gasteiger partial charge >= 0.3 is 5.97 Å². The number of hydrogen-bond donors (Lipinski definition) is 2. The molecule has 2 N–H and O–H groups in total. The number of hydrogen-bond acceptors (Lipinski definition) is 4. The Kier molecular flexibility index (Phi) is 4.09. The number of benzene rings is 2. The Hall–Kier alpha value is -1.61. The lowest BCUT2D eigenvalue weighted by atomic mass is 10.1. The molecule has 0 saturated heterocycles. The predicted octanol–water partition coefficient (Wildman–Crippen LogP) is 4.95. The summed E-state index contributed by atoms with van der Waals surface area (Å²) in [4.78, 5) is 15.7. The smallest absolute Gasteiger partial charge is 0.337 e. The average Bonchev–Trinajstić information content (AvgIpc) is 2.94. The fourth-order valence-electron chi connectivity index (χ4n) is 2.18. The van der Waals surface area contributed by atoms with Crippen LogP contribution >= 0.6 is 38.5 Å². The fraction of sp³-hybridized carbons (Fsp3) is 0.0667. The van der Waals surface area contributed by atoms with Gasteiger partial charge in [-0.25, -0.2) is 9.78 Å². The topological polar surface area (TPSA) is 75.4 Å². The van der Waals surface area contributed by atoms with Crippen LogP contribution in [0.4, 0.5) is 11.4 Å². The maximum atomic E-state index is 11.5. The van der Waals surface area contributed by atoms with Crippen LogP contribution in [-0.2, 0) is 0 Å². The highest BCUT2D eigenvalue weighted by Gasteiger charge is 2.20. The third-order valence-electron chi connectivity index (χ3n) is 3.24. The van der Waals surface area contributed by atoms with E-state index in [0.29, 0.717) is 21.3 Å². The van der Waals surface area contributed by atoms with Crippen molar-refractivity contribution in [3.8, 4) is 0 Å². The monoisotopic (exact) mass is 472 g/mol. The van der Waals surface area contributed by atoms with Crippen molar-refractivity contribution in [2.75, 3.05) is 5.32 Å². The van der Waals surface area contributed by atoms with E-state index in [9.17, 15) is 9.90 Å². The third-order valence-corrected chi connectivity index (χ3v) is 4.50. The Balaban J connectivity index is 2.20. The van der Waals surface area contributed by atoms with Crippen molar-refractivity contribution in [3.05, 3.63) is 49.8 Å². The van der Waals surface area contributed by atoms with Crippen LogP contribution in [-0.4, -0.2) is 16.1 Å². The van der Waals surface area contributed by atoms with Crippen LogP contribution in [0.2, 0.25) is 0 Å².